The Balaban J connectivity index is 1.15. The van der Waals surface area contributed by atoms with Crippen molar-refractivity contribution in [1.82, 2.24) is 29.9 Å². The van der Waals surface area contributed by atoms with Crippen molar-refractivity contribution in [3.05, 3.63) is 195 Å². The molecule has 4 heterocycles. The maximum Gasteiger partial charge on any atom is 0.164 e. The van der Waals surface area contributed by atoms with Crippen LogP contribution in [0.15, 0.2) is 195 Å². The minimum absolute atomic E-state index is 0.573. The molecule has 0 aliphatic rings. The van der Waals surface area contributed by atoms with Gasteiger partial charge in [0.25, 0.3) is 0 Å². The zero-order valence-corrected chi connectivity index (χ0v) is 30.2. The molecule has 56 heavy (non-hydrogen) atoms. The Hall–Kier alpha value is -7.70. The third-order valence-corrected chi connectivity index (χ3v) is 10.0. The molecule has 0 N–H and O–H groups in total. The summed E-state index contributed by atoms with van der Waals surface area (Å²) >= 11 is 0. The molecule has 262 valence electrons. The number of nitrogens with zero attached hydrogens (tertiary/aromatic N) is 6. The summed E-state index contributed by atoms with van der Waals surface area (Å²) in [5, 5.41) is 2.09. The molecule has 0 fully saturated rings. The summed E-state index contributed by atoms with van der Waals surface area (Å²) in [6.07, 6.45) is 5.50. The molecular weight excluding hydrogens is 685 g/mol. The van der Waals surface area contributed by atoms with Crippen molar-refractivity contribution in [3.8, 4) is 78.8 Å². The van der Waals surface area contributed by atoms with E-state index in [1.807, 2.05) is 60.9 Å². The summed E-state index contributed by atoms with van der Waals surface area (Å²) < 4.78 is 0. The third kappa shape index (κ3) is 6.46. The number of aromatic nitrogens is 6. The van der Waals surface area contributed by atoms with Crippen molar-refractivity contribution in [2.45, 2.75) is 0 Å². The van der Waals surface area contributed by atoms with Crippen LogP contribution in [0.1, 0.15) is 0 Å². The molecule has 6 nitrogen and oxygen atoms in total. The third-order valence-electron chi connectivity index (χ3n) is 10.0. The lowest BCUT2D eigenvalue weighted by molar-refractivity contribution is 1.07. The fourth-order valence-corrected chi connectivity index (χ4v) is 7.14. The second-order valence-corrected chi connectivity index (χ2v) is 13.6. The van der Waals surface area contributed by atoms with E-state index < -0.39 is 0 Å². The standard InChI is InChI=1S/C50H32N6/c1-3-9-33(10-4-1)34-19-23-40(24-20-34)49-54-48(39-11-5-2-6-12-39)55-50(56-49)44-30-42(36-17-15-35(16-18-36)41-14-7-27-51-32-41)29-43(31-44)45-26-25-38-22-21-37-13-8-28-52-46(37)47(38)53-45/h1-32H. The average molecular weight is 717 g/mol. The lowest BCUT2D eigenvalue weighted by Gasteiger charge is -2.13. The van der Waals surface area contributed by atoms with Gasteiger partial charge >= 0.3 is 0 Å². The highest BCUT2D eigenvalue weighted by atomic mass is 15.0. The fourth-order valence-electron chi connectivity index (χ4n) is 7.14. The highest BCUT2D eigenvalue weighted by Gasteiger charge is 2.16. The maximum atomic E-state index is 5.24. The molecule has 0 bridgehead atoms. The number of hydrogen-bond donors (Lipinski definition) is 0. The van der Waals surface area contributed by atoms with Gasteiger partial charge in [-0.1, -0.05) is 140 Å². The van der Waals surface area contributed by atoms with E-state index in [0.29, 0.717) is 17.5 Å². The van der Waals surface area contributed by atoms with Gasteiger partial charge in [0.2, 0.25) is 0 Å². The van der Waals surface area contributed by atoms with Crippen molar-refractivity contribution in [1.29, 1.82) is 0 Å². The molecule has 0 amide bonds. The smallest absolute Gasteiger partial charge is 0.164 e. The van der Waals surface area contributed by atoms with Crippen LogP contribution in [0.4, 0.5) is 0 Å². The molecule has 10 aromatic rings. The Labute approximate surface area is 324 Å². The second-order valence-electron chi connectivity index (χ2n) is 13.6. The van der Waals surface area contributed by atoms with Gasteiger partial charge < -0.3 is 0 Å². The van der Waals surface area contributed by atoms with Gasteiger partial charge in [-0.3, -0.25) is 9.97 Å². The normalized spacial score (nSPS) is 11.2. The minimum atomic E-state index is 0.573. The van der Waals surface area contributed by atoms with Gasteiger partial charge in [0.15, 0.2) is 17.5 Å². The highest BCUT2D eigenvalue weighted by molar-refractivity contribution is 6.03. The predicted octanol–water partition coefficient (Wildman–Crippen LogP) is 12.0. The Kier molecular flexibility index (Phi) is 8.39. The van der Waals surface area contributed by atoms with Crippen LogP contribution in [0.3, 0.4) is 0 Å². The Bertz CT molecular complexity index is 2990. The first kappa shape index (κ1) is 32.9. The molecule has 4 aromatic heterocycles. The zero-order chi connectivity index (χ0) is 37.3. The highest BCUT2D eigenvalue weighted by Crippen LogP contribution is 2.35. The quantitative estimate of drug-likeness (QED) is 0.153. The molecule has 0 spiro atoms. The number of rotatable bonds is 7. The van der Waals surface area contributed by atoms with Gasteiger partial charge in [0, 0.05) is 51.6 Å². The van der Waals surface area contributed by atoms with Crippen molar-refractivity contribution >= 4 is 21.8 Å². The van der Waals surface area contributed by atoms with Crippen molar-refractivity contribution in [3.63, 3.8) is 0 Å². The van der Waals surface area contributed by atoms with Crippen molar-refractivity contribution in [2.24, 2.45) is 0 Å². The minimum Gasteiger partial charge on any atom is -0.264 e. The largest absolute Gasteiger partial charge is 0.264 e. The van der Waals surface area contributed by atoms with Gasteiger partial charge in [-0.05, 0) is 69.8 Å². The molecule has 6 heteroatoms. The van der Waals surface area contributed by atoms with E-state index in [0.717, 1.165) is 83.1 Å². The fraction of sp³-hybridized carbons (Fsp3) is 0. The number of hydrogen-bond acceptors (Lipinski definition) is 6. The van der Waals surface area contributed by atoms with Crippen LogP contribution in [0, 0.1) is 0 Å². The summed E-state index contributed by atoms with van der Waals surface area (Å²) in [5.74, 6) is 1.78. The van der Waals surface area contributed by atoms with E-state index in [-0.39, 0.29) is 0 Å². The molecule has 0 aliphatic carbocycles. The summed E-state index contributed by atoms with van der Waals surface area (Å²) in [5.41, 5.74) is 12.7. The van der Waals surface area contributed by atoms with Gasteiger partial charge in [-0.25, -0.2) is 19.9 Å². The Morgan fingerprint density at radius 1 is 0.286 bits per heavy atom. The van der Waals surface area contributed by atoms with Crippen LogP contribution in [-0.4, -0.2) is 29.9 Å². The molecule has 0 radical (unpaired) electrons. The SMILES string of the molecule is c1ccc(-c2ccc(-c3nc(-c4ccccc4)nc(-c4cc(-c5ccc(-c6cccnc6)cc5)cc(-c5ccc6ccc7cccnc7c6n5)c4)n3)cc2)cc1. The van der Waals surface area contributed by atoms with E-state index in [2.05, 4.69) is 132 Å². The monoisotopic (exact) mass is 716 g/mol. The molecule has 0 unspecified atom stereocenters. The summed E-state index contributed by atoms with van der Waals surface area (Å²) in [7, 11) is 0. The maximum absolute atomic E-state index is 5.24. The van der Waals surface area contributed by atoms with Gasteiger partial charge in [-0.2, -0.15) is 0 Å². The number of fused-ring (bicyclic) bond motifs is 3. The van der Waals surface area contributed by atoms with E-state index in [9.17, 15) is 0 Å². The number of pyridine rings is 3. The average Bonchev–Trinajstić information content (AvgIpc) is 3.29. The Morgan fingerprint density at radius 2 is 0.768 bits per heavy atom. The molecule has 0 saturated heterocycles. The Morgan fingerprint density at radius 3 is 1.45 bits per heavy atom. The van der Waals surface area contributed by atoms with Gasteiger partial charge in [0.1, 0.15) is 0 Å². The number of benzene rings is 6. The summed E-state index contributed by atoms with van der Waals surface area (Å²) in [4.78, 5) is 29.6. The van der Waals surface area contributed by atoms with Gasteiger partial charge in [-0.15, -0.1) is 0 Å². The summed E-state index contributed by atoms with van der Waals surface area (Å²) in [6, 6.07) is 60.4. The topological polar surface area (TPSA) is 77.3 Å². The predicted molar refractivity (Wildman–Crippen MR) is 226 cm³/mol. The van der Waals surface area contributed by atoms with Gasteiger partial charge in [0.05, 0.1) is 16.7 Å². The van der Waals surface area contributed by atoms with Crippen molar-refractivity contribution in [2.75, 3.05) is 0 Å². The lowest BCUT2D eigenvalue weighted by Crippen LogP contribution is -2.01. The molecule has 6 aromatic carbocycles. The van der Waals surface area contributed by atoms with E-state index in [4.69, 9.17) is 24.9 Å². The first-order valence-electron chi connectivity index (χ1n) is 18.5. The molecule has 10 rings (SSSR count). The molecule has 0 saturated carbocycles. The molecular formula is C50H32N6. The van der Waals surface area contributed by atoms with Crippen LogP contribution >= 0.6 is 0 Å². The van der Waals surface area contributed by atoms with E-state index in [1.54, 1.807) is 6.20 Å². The first-order chi connectivity index (χ1) is 27.7. The van der Waals surface area contributed by atoms with Crippen molar-refractivity contribution < 1.29 is 0 Å². The first-order valence-corrected chi connectivity index (χ1v) is 18.5. The van der Waals surface area contributed by atoms with Crippen LogP contribution in [0.5, 0.6) is 0 Å². The van der Waals surface area contributed by atoms with E-state index >= 15 is 0 Å². The molecule has 0 atom stereocenters. The van der Waals surface area contributed by atoms with Crippen LogP contribution < -0.4 is 0 Å². The van der Waals surface area contributed by atoms with E-state index in [1.165, 1.54) is 0 Å². The summed E-state index contributed by atoms with van der Waals surface area (Å²) in [6.45, 7) is 0. The van der Waals surface area contributed by atoms with Crippen LogP contribution in [-0.2, 0) is 0 Å². The lowest BCUT2D eigenvalue weighted by atomic mass is 9.96. The zero-order valence-electron chi connectivity index (χ0n) is 30.2. The van der Waals surface area contributed by atoms with Crippen LogP contribution in [0.2, 0.25) is 0 Å². The second kappa shape index (κ2) is 14.3. The molecule has 0 aliphatic heterocycles. The van der Waals surface area contributed by atoms with Crippen LogP contribution in [0.25, 0.3) is 101 Å².